The number of nitrogens with zero attached hydrogens (tertiary/aromatic N) is 1. The topological polar surface area (TPSA) is 67.8 Å². The second-order valence-electron chi connectivity index (χ2n) is 4.72. The van der Waals surface area contributed by atoms with Crippen LogP contribution in [-0.2, 0) is 9.53 Å². The van der Waals surface area contributed by atoms with Crippen molar-refractivity contribution in [3.05, 3.63) is 23.9 Å². The van der Waals surface area contributed by atoms with Gasteiger partial charge in [0, 0.05) is 11.8 Å². The third-order valence-electron chi connectivity index (χ3n) is 1.66. The first kappa shape index (κ1) is 17.4. The van der Waals surface area contributed by atoms with Crippen molar-refractivity contribution in [3.8, 4) is 0 Å². The van der Waals surface area contributed by atoms with Crippen LogP contribution >= 0.6 is 11.6 Å². The molecule has 0 saturated heterocycles. The zero-order chi connectivity index (χ0) is 15.1. The number of amides is 1. The van der Waals surface area contributed by atoms with Gasteiger partial charge in [0.05, 0.1) is 5.70 Å². The molecule has 6 heteroatoms. The molecule has 0 radical (unpaired) electrons. The van der Waals surface area contributed by atoms with Crippen molar-refractivity contribution >= 4 is 30.2 Å². The number of nitrogens with one attached hydrogen (secondary N) is 1. The summed E-state index contributed by atoms with van der Waals surface area (Å²) in [5.41, 5.74) is -0.704. The summed E-state index contributed by atoms with van der Waals surface area (Å²) in [6.45, 7) is 10.4. The Balaban J connectivity index is 4.84. The Bertz CT molecular complexity index is 407. The Kier molecular flexibility index (Phi) is 7.08. The number of alkyl carbamates (subject to hydrolysis) is 1. The van der Waals surface area contributed by atoms with E-state index in [1.54, 1.807) is 27.7 Å². The predicted octanol–water partition coefficient (Wildman–Crippen LogP) is 2.81. The normalized spacial score (nSPS) is 14.1. The maximum atomic E-state index is 11.6. The van der Waals surface area contributed by atoms with E-state index in [4.69, 9.17) is 16.3 Å². The van der Waals surface area contributed by atoms with Crippen LogP contribution in [0.25, 0.3) is 0 Å². The number of ether oxygens (including phenoxy) is 1. The lowest BCUT2D eigenvalue weighted by Crippen LogP contribution is -2.32. The number of aldehydes is 1. The summed E-state index contributed by atoms with van der Waals surface area (Å²) in [5.74, 6) is 0. The van der Waals surface area contributed by atoms with Gasteiger partial charge in [-0.05, 0) is 33.8 Å². The maximum Gasteiger partial charge on any atom is 0.412 e. The molecule has 5 nitrogen and oxygen atoms in total. The van der Waals surface area contributed by atoms with Crippen molar-refractivity contribution in [3.63, 3.8) is 0 Å². The van der Waals surface area contributed by atoms with Crippen molar-refractivity contribution in [1.29, 1.82) is 0 Å². The number of rotatable bonds is 5. The minimum absolute atomic E-state index is 0.111. The van der Waals surface area contributed by atoms with E-state index in [-0.39, 0.29) is 11.3 Å². The van der Waals surface area contributed by atoms with Gasteiger partial charge in [-0.25, -0.2) is 4.79 Å². The van der Waals surface area contributed by atoms with Gasteiger partial charge in [-0.15, -0.1) is 0 Å². The lowest BCUT2D eigenvalue weighted by atomic mass is 10.2. The van der Waals surface area contributed by atoms with Crippen LogP contribution in [0.5, 0.6) is 0 Å². The summed E-state index contributed by atoms with van der Waals surface area (Å²) in [7, 11) is 0. The highest BCUT2D eigenvalue weighted by molar-refractivity contribution is 6.20. The number of aliphatic imine (C=N–C) groups is 1. The molecule has 0 aromatic carbocycles. The minimum atomic E-state index is -0.672. The molecular formula is C13H19ClN2O3. The van der Waals surface area contributed by atoms with E-state index < -0.39 is 17.2 Å². The molecule has 0 aromatic rings. The number of carbonyl (C=O) groups excluding carboxylic acids is 2. The number of allylic oxidation sites excluding steroid dienone is 2. The van der Waals surface area contributed by atoms with Crippen LogP contribution in [0.4, 0.5) is 4.79 Å². The van der Waals surface area contributed by atoms with E-state index >= 15 is 0 Å². The van der Waals surface area contributed by atoms with E-state index in [2.05, 4.69) is 16.9 Å². The molecule has 0 saturated carbocycles. The van der Waals surface area contributed by atoms with Crippen LogP contribution in [-0.4, -0.2) is 29.7 Å². The first-order valence-corrected chi connectivity index (χ1v) is 6.11. The summed E-state index contributed by atoms with van der Waals surface area (Å²) < 4.78 is 5.07. The van der Waals surface area contributed by atoms with Crippen molar-refractivity contribution in [1.82, 2.24) is 5.32 Å². The largest absolute Gasteiger partial charge is 0.444 e. The van der Waals surface area contributed by atoms with Gasteiger partial charge in [0.1, 0.15) is 11.1 Å². The van der Waals surface area contributed by atoms with E-state index in [1.807, 2.05) is 0 Å². The molecule has 19 heavy (non-hydrogen) atoms. The number of hydrogen-bond donors (Lipinski definition) is 1. The molecule has 1 atom stereocenters. The van der Waals surface area contributed by atoms with Crippen LogP contribution in [0, 0.1) is 0 Å². The van der Waals surface area contributed by atoms with Gasteiger partial charge < -0.3 is 4.74 Å². The summed E-state index contributed by atoms with van der Waals surface area (Å²) >= 11 is 5.64. The minimum Gasteiger partial charge on any atom is -0.444 e. The molecule has 0 spiro atoms. The van der Waals surface area contributed by atoms with Crippen LogP contribution in [0.1, 0.15) is 27.7 Å². The molecule has 0 aromatic heterocycles. The van der Waals surface area contributed by atoms with E-state index in [1.165, 1.54) is 12.3 Å². The van der Waals surface area contributed by atoms with Gasteiger partial charge in [-0.3, -0.25) is 15.1 Å². The quantitative estimate of drug-likeness (QED) is 0.211. The molecule has 0 rings (SSSR count). The first-order valence-electron chi connectivity index (χ1n) is 5.67. The Morgan fingerprint density at radius 1 is 1.47 bits per heavy atom. The van der Waals surface area contributed by atoms with Crippen LogP contribution in [0.3, 0.4) is 0 Å². The second-order valence-corrected chi connectivity index (χ2v) is 5.35. The predicted molar refractivity (Wildman–Crippen MR) is 76.5 cm³/mol. The van der Waals surface area contributed by atoms with Gasteiger partial charge in [0.15, 0.2) is 6.29 Å². The van der Waals surface area contributed by atoms with E-state index in [0.29, 0.717) is 6.29 Å². The SMILES string of the molecule is C=C(C=O)/C(=C\C=NC(C)Cl)NC(=O)OC(C)(C)C. The molecule has 1 amide bonds. The van der Waals surface area contributed by atoms with Crippen LogP contribution < -0.4 is 5.32 Å². The van der Waals surface area contributed by atoms with Crippen molar-refractivity contribution in [2.24, 2.45) is 4.99 Å². The molecule has 0 aliphatic rings. The van der Waals surface area contributed by atoms with E-state index in [0.717, 1.165) is 0 Å². The highest BCUT2D eigenvalue weighted by Gasteiger charge is 2.17. The fourth-order valence-electron chi connectivity index (χ4n) is 0.942. The van der Waals surface area contributed by atoms with Crippen LogP contribution in [0.2, 0.25) is 0 Å². The highest BCUT2D eigenvalue weighted by atomic mass is 35.5. The first-order chi connectivity index (χ1) is 8.65. The maximum absolute atomic E-state index is 11.6. The Morgan fingerprint density at radius 3 is 2.47 bits per heavy atom. The number of halogens is 1. The molecule has 1 unspecified atom stereocenters. The highest BCUT2D eigenvalue weighted by Crippen LogP contribution is 2.08. The Morgan fingerprint density at radius 2 is 2.05 bits per heavy atom. The average Bonchev–Trinajstić information content (AvgIpc) is 2.23. The van der Waals surface area contributed by atoms with Gasteiger partial charge in [0.2, 0.25) is 0 Å². The molecule has 0 bridgehead atoms. The monoisotopic (exact) mass is 286 g/mol. The molecule has 0 fully saturated rings. The second kappa shape index (κ2) is 7.74. The molecule has 0 aliphatic carbocycles. The third kappa shape index (κ3) is 9.02. The fraction of sp³-hybridized carbons (Fsp3) is 0.462. The summed E-state index contributed by atoms with van der Waals surface area (Å²) in [6, 6.07) is 0. The van der Waals surface area contributed by atoms with E-state index in [9.17, 15) is 9.59 Å². The zero-order valence-corrected chi connectivity index (χ0v) is 12.3. The van der Waals surface area contributed by atoms with Crippen molar-refractivity contribution < 1.29 is 14.3 Å². The fourth-order valence-corrected chi connectivity index (χ4v) is 1.01. The lowest BCUT2D eigenvalue weighted by Gasteiger charge is -2.20. The average molecular weight is 287 g/mol. The number of alkyl halides is 1. The number of hydrogen-bond acceptors (Lipinski definition) is 4. The van der Waals surface area contributed by atoms with Crippen LogP contribution in [0.15, 0.2) is 28.9 Å². The molecule has 106 valence electrons. The summed E-state index contributed by atoms with van der Waals surface area (Å²) in [6.07, 6.45) is 2.67. The summed E-state index contributed by atoms with van der Waals surface area (Å²) in [5, 5.41) is 2.43. The Labute approximate surface area is 118 Å². The molecule has 0 aliphatic heterocycles. The van der Waals surface area contributed by atoms with Gasteiger partial charge in [-0.1, -0.05) is 18.2 Å². The third-order valence-corrected chi connectivity index (χ3v) is 1.77. The van der Waals surface area contributed by atoms with Gasteiger partial charge in [-0.2, -0.15) is 0 Å². The lowest BCUT2D eigenvalue weighted by molar-refractivity contribution is -0.104. The smallest absolute Gasteiger partial charge is 0.412 e. The Hall–Kier alpha value is -1.62. The zero-order valence-electron chi connectivity index (χ0n) is 11.6. The molecule has 0 heterocycles. The van der Waals surface area contributed by atoms with Gasteiger partial charge in [0.25, 0.3) is 0 Å². The summed E-state index contributed by atoms with van der Waals surface area (Å²) in [4.78, 5) is 26.2. The van der Waals surface area contributed by atoms with Crippen molar-refractivity contribution in [2.45, 2.75) is 38.8 Å². The standard InChI is InChI=1S/C13H19ClN2O3/c1-9(8-17)11(6-7-15-10(2)14)16-12(18)19-13(3,4)5/h6-8,10H,1H2,2-5H3,(H,16,18)/b11-6+,15-7?. The van der Waals surface area contributed by atoms with Crippen molar-refractivity contribution in [2.75, 3.05) is 0 Å². The molecular weight excluding hydrogens is 268 g/mol. The molecule has 1 N–H and O–H groups in total. The van der Waals surface area contributed by atoms with Gasteiger partial charge >= 0.3 is 6.09 Å². The number of carbonyl (C=O) groups is 2.